The van der Waals surface area contributed by atoms with Gasteiger partial charge in [-0.25, -0.2) is 9.97 Å². The Bertz CT molecular complexity index is 391. The van der Waals surface area contributed by atoms with E-state index in [2.05, 4.69) is 39.5 Å². The zero-order valence-corrected chi connectivity index (χ0v) is 14.0. The van der Waals surface area contributed by atoms with Gasteiger partial charge in [-0.1, -0.05) is 31.4 Å². The fourth-order valence-electron chi connectivity index (χ4n) is 2.84. The standard InChI is InChI=1S/C14H20ClIN2/c1-3-4-10-5-7-11(8-6-10)14-17-9(2)12(16)13(15)18-14/h10-11H,3-8H2,1-2H3. The second-order valence-corrected chi connectivity index (χ2v) is 6.72. The molecule has 1 aromatic heterocycles. The number of nitrogens with zero attached hydrogens (tertiary/aromatic N) is 2. The van der Waals surface area contributed by atoms with Gasteiger partial charge in [0.25, 0.3) is 0 Å². The Morgan fingerprint density at radius 1 is 1.22 bits per heavy atom. The summed E-state index contributed by atoms with van der Waals surface area (Å²) < 4.78 is 0.984. The van der Waals surface area contributed by atoms with Crippen LogP contribution in [0.3, 0.4) is 0 Å². The molecular formula is C14H20ClIN2. The monoisotopic (exact) mass is 378 g/mol. The van der Waals surface area contributed by atoms with E-state index in [1.807, 2.05) is 6.92 Å². The molecule has 0 radical (unpaired) electrons. The summed E-state index contributed by atoms with van der Waals surface area (Å²) in [5, 5.41) is 0.619. The molecule has 1 aliphatic rings. The lowest BCUT2D eigenvalue weighted by Gasteiger charge is -2.27. The van der Waals surface area contributed by atoms with Gasteiger partial charge in [0.05, 0.1) is 9.26 Å². The number of halogens is 2. The maximum atomic E-state index is 6.16. The van der Waals surface area contributed by atoms with E-state index in [9.17, 15) is 0 Å². The van der Waals surface area contributed by atoms with Gasteiger partial charge in [0, 0.05) is 5.92 Å². The van der Waals surface area contributed by atoms with Crippen LogP contribution in [0.25, 0.3) is 0 Å². The van der Waals surface area contributed by atoms with Gasteiger partial charge in [-0.15, -0.1) is 0 Å². The number of rotatable bonds is 3. The van der Waals surface area contributed by atoms with Gasteiger partial charge in [-0.2, -0.15) is 0 Å². The van der Waals surface area contributed by atoms with Crippen LogP contribution in [0.15, 0.2) is 0 Å². The average Bonchev–Trinajstić information content (AvgIpc) is 2.37. The average molecular weight is 379 g/mol. The van der Waals surface area contributed by atoms with Crippen molar-refractivity contribution in [3.05, 3.63) is 20.2 Å². The van der Waals surface area contributed by atoms with Crippen LogP contribution in [0, 0.1) is 16.4 Å². The lowest BCUT2D eigenvalue weighted by atomic mass is 9.80. The largest absolute Gasteiger partial charge is 0.237 e. The van der Waals surface area contributed by atoms with Crippen LogP contribution in [-0.4, -0.2) is 9.97 Å². The third-order valence-electron chi connectivity index (χ3n) is 3.90. The SMILES string of the molecule is CCCC1CCC(c2nc(C)c(I)c(Cl)n2)CC1. The topological polar surface area (TPSA) is 25.8 Å². The summed E-state index contributed by atoms with van der Waals surface area (Å²) >= 11 is 8.37. The minimum Gasteiger partial charge on any atom is -0.237 e. The van der Waals surface area contributed by atoms with E-state index >= 15 is 0 Å². The minimum atomic E-state index is 0.520. The van der Waals surface area contributed by atoms with Crippen molar-refractivity contribution >= 4 is 34.2 Å². The Morgan fingerprint density at radius 3 is 2.44 bits per heavy atom. The number of hydrogen-bond donors (Lipinski definition) is 0. The quantitative estimate of drug-likeness (QED) is 0.539. The van der Waals surface area contributed by atoms with Gasteiger partial charge in [0.2, 0.25) is 0 Å². The van der Waals surface area contributed by atoms with Gasteiger partial charge in [0.15, 0.2) is 0 Å². The van der Waals surface area contributed by atoms with Crippen molar-refractivity contribution in [2.45, 2.75) is 58.3 Å². The van der Waals surface area contributed by atoms with Crippen molar-refractivity contribution in [3.8, 4) is 0 Å². The van der Waals surface area contributed by atoms with E-state index in [4.69, 9.17) is 11.6 Å². The van der Waals surface area contributed by atoms with Gasteiger partial charge < -0.3 is 0 Å². The van der Waals surface area contributed by atoms with E-state index in [1.54, 1.807) is 0 Å². The van der Waals surface area contributed by atoms with Gasteiger partial charge in [0.1, 0.15) is 11.0 Å². The number of aryl methyl sites for hydroxylation is 1. The lowest BCUT2D eigenvalue weighted by molar-refractivity contribution is 0.302. The Balaban J connectivity index is 2.05. The molecule has 100 valence electrons. The first-order valence-corrected chi connectivity index (χ1v) is 8.27. The molecule has 2 rings (SSSR count). The van der Waals surface area contributed by atoms with Crippen LogP contribution in [-0.2, 0) is 0 Å². The maximum absolute atomic E-state index is 6.16. The molecule has 0 saturated heterocycles. The van der Waals surface area contributed by atoms with Gasteiger partial charge in [-0.3, -0.25) is 0 Å². The zero-order chi connectivity index (χ0) is 13.1. The Morgan fingerprint density at radius 2 is 1.89 bits per heavy atom. The number of aromatic nitrogens is 2. The van der Waals surface area contributed by atoms with E-state index in [0.29, 0.717) is 11.1 Å². The summed E-state index contributed by atoms with van der Waals surface area (Å²) in [7, 11) is 0. The maximum Gasteiger partial charge on any atom is 0.146 e. The second-order valence-electron chi connectivity index (χ2n) is 5.28. The van der Waals surface area contributed by atoms with Gasteiger partial charge in [-0.05, 0) is 61.1 Å². The summed E-state index contributed by atoms with van der Waals surface area (Å²) in [4.78, 5) is 9.10. The molecule has 0 bridgehead atoms. The molecule has 0 N–H and O–H groups in total. The van der Waals surface area contributed by atoms with E-state index in [1.165, 1.54) is 38.5 Å². The molecule has 0 atom stereocenters. The van der Waals surface area contributed by atoms with Crippen LogP contribution in [0.1, 0.15) is 62.9 Å². The smallest absolute Gasteiger partial charge is 0.146 e. The molecule has 0 spiro atoms. The normalized spacial score (nSPS) is 24.2. The zero-order valence-electron chi connectivity index (χ0n) is 11.0. The van der Waals surface area contributed by atoms with Crippen LogP contribution >= 0.6 is 34.2 Å². The third-order valence-corrected chi connectivity index (χ3v) is 5.79. The predicted molar refractivity (Wildman–Crippen MR) is 84.1 cm³/mol. The molecular weight excluding hydrogens is 359 g/mol. The van der Waals surface area contributed by atoms with E-state index < -0.39 is 0 Å². The Kier molecular flexibility index (Phi) is 5.24. The molecule has 1 aliphatic carbocycles. The Labute approximate surface area is 128 Å². The van der Waals surface area contributed by atoms with Crippen LogP contribution in [0.2, 0.25) is 5.15 Å². The first-order chi connectivity index (χ1) is 8.61. The predicted octanol–water partition coefficient (Wildman–Crippen LogP) is 5.12. The van der Waals surface area contributed by atoms with Crippen molar-refractivity contribution in [3.63, 3.8) is 0 Å². The highest BCUT2D eigenvalue weighted by molar-refractivity contribution is 14.1. The highest BCUT2D eigenvalue weighted by Gasteiger charge is 2.24. The van der Waals surface area contributed by atoms with Crippen molar-refractivity contribution in [1.82, 2.24) is 9.97 Å². The molecule has 0 unspecified atom stereocenters. The van der Waals surface area contributed by atoms with Crippen molar-refractivity contribution in [1.29, 1.82) is 0 Å². The van der Waals surface area contributed by atoms with E-state index in [0.717, 1.165) is 21.0 Å². The minimum absolute atomic E-state index is 0.520. The van der Waals surface area contributed by atoms with Crippen LogP contribution in [0.4, 0.5) is 0 Å². The van der Waals surface area contributed by atoms with Gasteiger partial charge >= 0.3 is 0 Å². The first kappa shape index (κ1) is 14.5. The molecule has 2 nitrogen and oxygen atoms in total. The van der Waals surface area contributed by atoms with Crippen molar-refractivity contribution in [2.24, 2.45) is 5.92 Å². The fraction of sp³-hybridized carbons (Fsp3) is 0.714. The fourth-order valence-corrected chi connectivity index (χ4v) is 3.31. The lowest BCUT2D eigenvalue weighted by Crippen LogP contribution is -2.16. The molecule has 0 aromatic carbocycles. The summed E-state index contributed by atoms with van der Waals surface area (Å²) in [5.41, 5.74) is 1.02. The van der Waals surface area contributed by atoms with Crippen LogP contribution in [0.5, 0.6) is 0 Å². The molecule has 1 heterocycles. The highest BCUT2D eigenvalue weighted by Crippen LogP contribution is 2.36. The molecule has 4 heteroatoms. The summed E-state index contributed by atoms with van der Waals surface area (Å²) in [6.07, 6.45) is 7.78. The molecule has 0 amide bonds. The molecule has 18 heavy (non-hydrogen) atoms. The van der Waals surface area contributed by atoms with Crippen LogP contribution < -0.4 is 0 Å². The molecule has 0 aliphatic heterocycles. The third kappa shape index (κ3) is 3.35. The molecule has 1 fully saturated rings. The summed E-state index contributed by atoms with van der Waals surface area (Å²) in [6.45, 7) is 4.29. The summed E-state index contributed by atoms with van der Waals surface area (Å²) in [5.74, 6) is 2.41. The molecule has 1 aromatic rings. The van der Waals surface area contributed by atoms with Crippen molar-refractivity contribution < 1.29 is 0 Å². The number of hydrogen-bond acceptors (Lipinski definition) is 2. The highest BCUT2D eigenvalue weighted by atomic mass is 127. The Hall–Kier alpha value is 0.1000. The van der Waals surface area contributed by atoms with Crippen molar-refractivity contribution in [2.75, 3.05) is 0 Å². The second kappa shape index (κ2) is 6.51. The summed E-state index contributed by atoms with van der Waals surface area (Å²) in [6, 6.07) is 0. The van der Waals surface area contributed by atoms with E-state index in [-0.39, 0.29) is 0 Å². The molecule has 1 saturated carbocycles. The first-order valence-electron chi connectivity index (χ1n) is 6.81.